The van der Waals surface area contributed by atoms with Crippen LogP contribution in [0, 0.1) is 6.92 Å². The highest BCUT2D eigenvalue weighted by Gasteiger charge is 2.17. The second-order valence-corrected chi connectivity index (χ2v) is 6.64. The molecule has 0 aliphatic carbocycles. The van der Waals surface area contributed by atoms with Crippen LogP contribution < -0.4 is 10.2 Å². The molecule has 26 heavy (non-hydrogen) atoms. The molecule has 0 fully saturated rings. The molecule has 4 nitrogen and oxygen atoms in total. The minimum absolute atomic E-state index is 0.133. The maximum absolute atomic E-state index is 12.6. The second kappa shape index (κ2) is 7.00. The first kappa shape index (κ1) is 16.3. The molecular weight excluding hydrogens is 322 g/mol. The summed E-state index contributed by atoms with van der Waals surface area (Å²) in [6.45, 7) is 3.76. The minimum Gasteiger partial charge on any atom is -0.366 e. The summed E-state index contributed by atoms with van der Waals surface area (Å²) in [4.78, 5) is 19.2. The molecule has 0 atom stereocenters. The number of carbonyl (C=O) groups excluding carboxylic acids is 1. The molecule has 0 radical (unpaired) electrons. The number of pyridine rings is 1. The monoisotopic (exact) mass is 343 g/mol. The number of carbonyl (C=O) groups is 1. The molecule has 4 heteroatoms. The third-order valence-electron chi connectivity index (χ3n) is 4.88. The highest BCUT2D eigenvalue weighted by atomic mass is 16.1. The van der Waals surface area contributed by atoms with Gasteiger partial charge < -0.3 is 10.2 Å². The molecule has 2 heterocycles. The number of aromatic nitrogens is 1. The summed E-state index contributed by atoms with van der Waals surface area (Å²) in [5, 5.41) is 2.97. The zero-order chi connectivity index (χ0) is 17.9. The van der Waals surface area contributed by atoms with Crippen molar-refractivity contribution in [3.05, 3.63) is 89.2 Å². The van der Waals surface area contributed by atoms with Crippen molar-refractivity contribution in [2.24, 2.45) is 0 Å². The quantitative estimate of drug-likeness (QED) is 0.775. The number of hydrogen-bond acceptors (Lipinski definition) is 3. The minimum atomic E-state index is -0.133. The number of para-hydroxylation sites is 1. The van der Waals surface area contributed by atoms with E-state index in [-0.39, 0.29) is 5.91 Å². The van der Waals surface area contributed by atoms with Crippen molar-refractivity contribution in [1.29, 1.82) is 0 Å². The van der Waals surface area contributed by atoms with Crippen LogP contribution in [0.2, 0.25) is 0 Å². The van der Waals surface area contributed by atoms with Crippen molar-refractivity contribution >= 4 is 17.3 Å². The van der Waals surface area contributed by atoms with Crippen molar-refractivity contribution in [3.63, 3.8) is 0 Å². The van der Waals surface area contributed by atoms with Crippen LogP contribution >= 0.6 is 0 Å². The Morgan fingerprint density at radius 2 is 1.81 bits per heavy atom. The van der Waals surface area contributed by atoms with Gasteiger partial charge in [0.15, 0.2) is 0 Å². The van der Waals surface area contributed by atoms with Gasteiger partial charge in [-0.05, 0) is 42.2 Å². The number of rotatable bonds is 3. The van der Waals surface area contributed by atoms with E-state index >= 15 is 0 Å². The van der Waals surface area contributed by atoms with Crippen molar-refractivity contribution in [3.8, 4) is 0 Å². The number of nitrogens with one attached hydrogen (secondary N) is 1. The van der Waals surface area contributed by atoms with Gasteiger partial charge in [0.2, 0.25) is 0 Å². The van der Waals surface area contributed by atoms with E-state index in [0.29, 0.717) is 5.56 Å². The zero-order valence-corrected chi connectivity index (χ0v) is 14.8. The molecule has 1 aliphatic heterocycles. The van der Waals surface area contributed by atoms with Crippen molar-refractivity contribution in [2.75, 3.05) is 16.8 Å². The molecule has 0 saturated carbocycles. The van der Waals surface area contributed by atoms with Crippen LogP contribution in [0.15, 0.2) is 67.0 Å². The fraction of sp³-hybridized carbons (Fsp3) is 0.182. The van der Waals surface area contributed by atoms with E-state index < -0.39 is 0 Å². The lowest BCUT2D eigenvalue weighted by molar-refractivity contribution is 0.102. The van der Waals surface area contributed by atoms with Gasteiger partial charge in [-0.2, -0.15) is 0 Å². The Balaban J connectivity index is 1.54. The van der Waals surface area contributed by atoms with Crippen LogP contribution in [-0.2, 0) is 13.0 Å². The van der Waals surface area contributed by atoms with Crippen molar-refractivity contribution < 1.29 is 4.79 Å². The van der Waals surface area contributed by atoms with Gasteiger partial charge in [0.25, 0.3) is 5.91 Å². The smallest absolute Gasteiger partial charge is 0.257 e. The molecular formula is C22H21N3O. The van der Waals surface area contributed by atoms with Gasteiger partial charge in [-0.25, -0.2) is 0 Å². The molecule has 3 aromatic rings. The first-order valence-corrected chi connectivity index (χ1v) is 8.84. The highest BCUT2D eigenvalue weighted by molar-refractivity contribution is 6.04. The van der Waals surface area contributed by atoms with E-state index in [4.69, 9.17) is 0 Å². The van der Waals surface area contributed by atoms with Gasteiger partial charge in [0, 0.05) is 25.0 Å². The van der Waals surface area contributed by atoms with Gasteiger partial charge in [0.05, 0.1) is 17.4 Å². The summed E-state index contributed by atoms with van der Waals surface area (Å²) >= 11 is 0. The molecule has 0 bridgehead atoms. The lowest BCUT2D eigenvalue weighted by atomic mass is 9.99. The third-order valence-corrected chi connectivity index (χ3v) is 4.88. The van der Waals surface area contributed by atoms with E-state index in [0.717, 1.165) is 36.4 Å². The van der Waals surface area contributed by atoms with E-state index in [2.05, 4.69) is 39.5 Å². The lowest BCUT2D eigenvalue weighted by Gasteiger charge is -2.30. The Morgan fingerprint density at radius 3 is 2.65 bits per heavy atom. The van der Waals surface area contributed by atoms with E-state index in [1.807, 2.05) is 43.5 Å². The zero-order valence-electron chi connectivity index (χ0n) is 14.8. The first-order chi connectivity index (χ1) is 12.7. The Morgan fingerprint density at radius 1 is 1.04 bits per heavy atom. The average Bonchev–Trinajstić information content (AvgIpc) is 2.69. The molecule has 0 unspecified atom stereocenters. The van der Waals surface area contributed by atoms with Gasteiger partial charge in [-0.1, -0.05) is 42.5 Å². The molecule has 1 amide bonds. The number of anilines is 2. The van der Waals surface area contributed by atoms with E-state index in [1.54, 1.807) is 6.20 Å². The normalized spacial score (nSPS) is 13.2. The van der Waals surface area contributed by atoms with Gasteiger partial charge in [-0.15, -0.1) is 0 Å². The van der Waals surface area contributed by atoms with Crippen molar-refractivity contribution in [1.82, 2.24) is 4.98 Å². The van der Waals surface area contributed by atoms with Gasteiger partial charge >= 0.3 is 0 Å². The van der Waals surface area contributed by atoms with Crippen molar-refractivity contribution in [2.45, 2.75) is 19.9 Å². The van der Waals surface area contributed by atoms with E-state index in [9.17, 15) is 4.79 Å². The molecule has 1 N–H and O–H groups in total. The standard InChI is InChI=1S/C22H21N3O/c1-16-6-2-5-9-21(16)24-22(26)19-12-20(14-23-13-19)25-11-10-17-7-3-4-8-18(17)15-25/h2-9,12-14H,10-11,15H2,1H3,(H,24,26). The van der Waals surface area contributed by atoms with Crippen LogP contribution in [-0.4, -0.2) is 17.4 Å². The summed E-state index contributed by atoms with van der Waals surface area (Å²) < 4.78 is 0. The van der Waals surface area contributed by atoms with Crippen LogP contribution in [0.25, 0.3) is 0 Å². The summed E-state index contributed by atoms with van der Waals surface area (Å²) in [6.07, 6.45) is 4.46. The number of amides is 1. The Hall–Kier alpha value is -3.14. The van der Waals surface area contributed by atoms with Crippen LogP contribution in [0.3, 0.4) is 0 Å². The fourth-order valence-corrected chi connectivity index (χ4v) is 3.35. The second-order valence-electron chi connectivity index (χ2n) is 6.64. The summed E-state index contributed by atoms with van der Waals surface area (Å²) in [7, 11) is 0. The molecule has 2 aromatic carbocycles. The average molecular weight is 343 g/mol. The number of fused-ring (bicyclic) bond motifs is 1. The molecule has 0 spiro atoms. The molecule has 130 valence electrons. The SMILES string of the molecule is Cc1ccccc1NC(=O)c1cncc(N2CCc3ccccc3C2)c1. The predicted molar refractivity (Wildman–Crippen MR) is 105 cm³/mol. The lowest BCUT2D eigenvalue weighted by Crippen LogP contribution is -2.30. The maximum Gasteiger partial charge on any atom is 0.257 e. The third kappa shape index (κ3) is 3.31. The highest BCUT2D eigenvalue weighted by Crippen LogP contribution is 2.25. The topological polar surface area (TPSA) is 45.2 Å². The maximum atomic E-state index is 12.6. The Kier molecular flexibility index (Phi) is 4.40. The van der Waals surface area contributed by atoms with Gasteiger partial charge in [0.1, 0.15) is 0 Å². The summed E-state index contributed by atoms with van der Waals surface area (Å²) in [5.74, 6) is -0.133. The molecule has 4 rings (SSSR count). The molecule has 1 aromatic heterocycles. The number of nitrogens with zero attached hydrogens (tertiary/aromatic N) is 2. The predicted octanol–water partition coefficient (Wildman–Crippen LogP) is 4.21. The Labute approximate surface area is 153 Å². The largest absolute Gasteiger partial charge is 0.366 e. The van der Waals surface area contributed by atoms with Crippen LogP contribution in [0.4, 0.5) is 11.4 Å². The Bertz CT molecular complexity index is 951. The number of benzene rings is 2. The first-order valence-electron chi connectivity index (χ1n) is 8.84. The molecule has 1 aliphatic rings. The number of aryl methyl sites for hydroxylation is 1. The fourth-order valence-electron chi connectivity index (χ4n) is 3.35. The van der Waals surface area contributed by atoms with Gasteiger partial charge in [-0.3, -0.25) is 9.78 Å². The van der Waals surface area contributed by atoms with Crippen LogP contribution in [0.1, 0.15) is 27.0 Å². The number of hydrogen-bond donors (Lipinski definition) is 1. The molecule has 0 saturated heterocycles. The summed E-state index contributed by atoms with van der Waals surface area (Å²) in [6, 6.07) is 18.2. The van der Waals surface area contributed by atoms with Crippen LogP contribution in [0.5, 0.6) is 0 Å². The van der Waals surface area contributed by atoms with E-state index in [1.165, 1.54) is 11.1 Å². The summed E-state index contributed by atoms with van der Waals surface area (Å²) in [5.41, 5.74) is 6.17.